The molecule has 0 saturated heterocycles. The van der Waals surface area contributed by atoms with Gasteiger partial charge in [-0.1, -0.05) is 27.7 Å². The van der Waals surface area contributed by atoms with Gasteiger partial charge in [-0.15, -0.1) is 0 Å². The highest BCUT2D eigenvalue weighted by Crippen LogP contribution is 2.68. The maximum absolute atomic E-state index is 12.2. The Hall–Kier alpha value is -1.38. The number of rotatable bonds is 2. The van der Waals surface area contributed by atoms with Crippen molar-refractivity contribution >= 4 is 11.7 Å². The molecule has 1 fully saturated rings. The molecule has 1 N–H and O–H groups in total. The molecule has 1 amide bonds. The van der Waals surface area contributed by atoms with E-state index in [2.05, 4.69) is 38.0 Å². The Morgan fingerprint density at radius 1 is 1.29 bits per heavy atom. The van der Waals surface area contributed by atoms with Gasteiger partial charge in [0.15, 0.2) is 0 Å². The summed E-state index contributed by atoms with van der Waals surface area (Å²) in [6, 6.07) is 3.81. The average molecular weight is 232 g/mol. The number of hydrogen-bond acceptors (Lipinski definition) is 2. The van der Waals surface area contributed by atoms with Crippen LogP contribution in [0.1, 0.15) is 33.3 Å². The number of aromatic nitrogens is 1. The van der Waals surface area contributed by atoms with Crippen molar-refractivity contribution in [3.8, 4) is 0 Å². The Labute approximate surface area is 103 Å². The van der Waals surface area contributed by atoms with Gasteiger partial charge in [0.25, 0.3) is 0 Å². The van der Waals surface area contributed by atoms with Gasteiger partial charge in [0.2, 0.25) is 5.91 Å². The Morgan fingerprint density at radius 3 is 2.35 bits per heavy atom. The summed E-state index contributed by atoms with van der Waals surface area (Å²) in [5, 5.41) is 2.91. The van der Waals surface area contributed by atoms with E-state index in [4.69, 9.17) is 0 Å². The molecule has 3 heteroatoms. The van der Waals surface area contributed by atoms with Crippen LogP contribution in [0.5, 0.6) is 0 Å². The lowest BCUT2D eigenvalue weighted by Crippen LogP contribution is -2.18. The normalized spacial score (nSPS) is 21.0. The number of pyridine rings is 1. The smallest absolute Gasteiger partial charge is 0.229 e. The second-order valence-electron chi connectivity index (χ2n) is 6.08. The Balaban J connectivity index is 2.10. The first-order chi connectivity index (χ1) is 7.76. The van der Waals surface area contributed by atoms with Crippen LogP contribution in [-0.2, 0) is 4.79 Å². The predicted octanol–water partition coefficient (Wildman–Crippen LogP) is 3.01. The maximum atomic E-state index is 12.2. The zero-order valence-electron chi connectivity index (χ0n) is 11.2. The van der Waals surface area contributed by atoms with Crippen LogP contribution >= 0.6 is 0 Å². The van der Waals surface area contributed by atoms with E-state index in [-0.39, 0.29) is 22.7 Å². The van der Waals surface area contributed by atoms with Crippen LogP contribution < -0.4 is 5.32 Å². The van der Waals surface area contributed by atoms with Crippen molar-refractivity contribution in [1.82, 2.24) is 4.98 Å². The first kappa shape index (κ1) is 12.1. The molecule has 3 nitrogen and oxygen atoms in total. The third-order valence-corrected chi connectivity index (χ3v) is 4.45. The average Bonchev–Trinajstić information content (AvgIpc) is 2.56. The van der Waals surface area contributed by atoms with E-state index < -0.39 is 0 Å². The van der Waals surface area contributed by atoms with Crippen molar-refractivity contribution in [1.29, 1.82) is 0 Å². The van der Waals surface area contributed by atoms with Gasteiger partial charge in [-0.05, 0) is 35.4 Å². The number of carbonyl (C=O) groups excluding carboxylic acids is 1. The summed E-state index contributed by atoms with van der Waals surface area (Å²) in [4.78, 5) is 16.3. The zero-order valence-corrected chi connectivity index (χ0v) is 11.2. The summed E-state index contributed by atoms with van der Waals surface area (Å²) in [5.41, 5.74) is 1.24. The van der Waals surface area contributed by atoms with Gasteiger partial charge in [0, 0.05) is 12.1 Å². The molecule has 1 aromatic rings. The maximum Gasteiger partial charge on any atom is 0.229 e. The topological polar surface area (TPSA) is 42.0 Å². The van der Waals surface area contributed by atoms with Gasteiger partial charge in [0.05, 0.1) is 0 Å². The van der Waals surface area contributed by atoms with Crippen molar-refractivity contribution in [2.24, 2.45) is 16.7 Å². The lowest BCUT2D eigenvalue weighted by Gasteiger charge is -2.05. The molecule has 92 valence electrons. The second kappa shape index (κ2) is 3.56. The summed E-state index contributed by atoms with van der Waals surface area (Å²) in [6.45, 7) is 10.5. The molecular formula is C14H20N2O. The summed E-state index contributed by atoms with van der Waals surface area (Å²) < 4.78 is 0. The number of anilines is 1. The third kappa shape index (κ3) is 1.84. The zero-order chi connectivity index (χ0) is 12.8. The predicted molar refractivity (Wildman–Crippen MR) is 68.7 cm³/mol. The lowest BCUT2D eigenvalue weighted by molar-refractivity contribution is -0.118. The van der Waals surface area contributed by atoms with Gasteiger partial charge < -0.3 is 5.32 Å². The fraction of sp³-hybridized carbons (Fsp3) is 0.571. The molecule has 1 saturated carbocycles. The van der Waals surface area contributed by atoms with Gasteiger partial charge in [0.1, 0.15) is 5.82 Å². The third-order valence-electron chi connectivity index (χ3n) is 4.45. The molecular weight excluding hydrogens is 212 g/mol. The van der Waals surface area contributed by atoms with Crippen LogP contribution in [0.3, 0.4) is 0 Å². The van der Waals surface area contributed by atoms with Gasteiger partial charge in [-0.2, -0.15) is 0 Å². The molecule has 0 radical (unpaired) electrons. The monoisotopic (exact) mass is 232 g/mol. The van der Waals surface area contributed by atoms with Crippen LogP contribution in [0.2, 0.25) is 0 Å². The van der Waals surface area contributed by atoms with Crippen molar-refractivity contribution in [3.63, 3.8) is 0 Å². The Kier molecular flexibility index (Phi) is 2.53. The van der Waals surface area contributed by atoms with Crippen molar-refractivity contribution in [3.05, 3.63) is 23.9 Å². The van der Waals surface area contributed by atoms with Crippen LogP contribution in [-0.4, -0.2) is 10.9 Å². The van der Waals surface area contributed by atoms with E-state index in [1.807, 2.05) is 19.1 Å². The molecule has 17 heavy (non-hydrogen) atoms. The van der Waals surface area contributed by atoms with Crippen LogP contribution in [0.4, 0.5) is 5.82 Å². The highest BCUT2D eigenvalue weighted by molar-refractivity contribution is 5.95. The van der Waals surface area contributed by atoms with E-state index in [0.29, 0.717) is 5.82 Å². The minimum Gasteiger partial charge on any atom is -0.310 e. The molecule has 0 unspecified atom stereocenters. The van der Waals surface area contributed by atoms with E-state index in [9.17, 15) is 4.79 Å². The molecule has 1 aromatic heterocycles. The summed E-state index contributed by atoms with van der Waals surface area (Å²) in [7, 11) is 0. The summed E-state index contributed by atoms with van der Waals surface area (Å²) in [5.74, 6) is 0.795. The van der Waals surface area contributed by atoms with E-state index in [0.717, 1.165) is 5.56 Å². The molecule has 0 aliphatic heterocycles. The van der Waals surface area contributed by atoms with Crippen molar-refractivity contribution < 1.29 is 4.79 Å². The fourth-order valence-electron chi connectivity index (χ4n) is 2.65. The number of hydrogen-bond donors (Lipinski definition) is 1. The quantitative estimate of drug-likeness (QED) is 0.851. The SMILES string of the molecule is Cc1ccnc(NC(=O)C2C(C)(C)C2(C)C)c1. The first-order valence-electron chi connectivity index (χ1n) is 6.00. The molecule has 0 atom stereocenters. The molecule has 0 spiro atoms. The summed E-state index contributed by atoms with van der Waals surface area (Å²) >= 11 is 0. The number of amides is 1. The first-order valence-corrected chi connectivity index (χ1v) is 6.00. The molecule has 1 heterocycles. The minimum absolute atomic E-state index is 0.0670. The standard InChI is InChI=1S/C14H20N2O/c1-9-6-7-15-10(8-9)16-12(17)11-13(2,3)14(11,4)5/h6-8,11H,1-5H3,(H,15,16,17). The fourth-order valence-corrected chi connectivity index (χ4v) is 2.65. The van der Waals surface area contributed by atoms with Gasteiger partial charge >= 0.3 is 0 Å². The van der Waals surface area contributed by atoms with Crippen molar-refractivity contribution in [2.75, 3.05) is 5.32 Å². The lowest BCUT2D eigenvalue weighted by atomic mass is 10.0. The number of nitrogens with one attached hydrogen (secondary N) is 1. The largest absolute Gasteiger partial charge is 0.310 e. The Morgan fingerprint density at radius 2 is 1.88 bits per heavy atom. The number of aryl methyl sites for hydroxylation is 1. The van der Waals surface area contributed by atoms with Crippen LogP contribution in [0, 0.1) is 23.7 Å². The highest BCUT2D eigenvalue weighted by Gasteiger charge is 2.68. The number of nitrogens with zero attached hydrogens (tertiary/aromatic N) is 1. The molecule has 0 bridgehead atoms. The minimum atomic E-state index is 0.0670. The van der Waals surface area contributed by atoms with E-state index in [1.165, 1.54) is 0 Å². The van der Waals surface area contributed by atoms with Gasteiger partial charge in [-0.25, -0.2) is 4.98 Å². The highest BCUT2D eigenvalue weighted by atomic mass is 16.2. The summed E-state index contributed by atoms with van der Waals surface area (Å²) in [6.07, 6.45) is 1.72. The van der Waals surface area contributed by atoms with E-state index >= 15 is 0 Å². The van der Waals surface area contributed by atoms with Crippen LogP contribution in [0.25, 0.3) is 0 Å². The molecule has 2 rings (SSSR count). The molecule has 0 aromatic carbocycles. The molecule has 1 aliphatic carbocycles. The van der Waals surface area contributed by atoms with Crippen LogP contribution in [0.15, 0.2) is 18.3 Å². The van der Waals surface area contributed by atoms with Gasteiger partial charge in [-0.3, -0.25) is 4.79 Å². The van der Waals surface area contributed by atoms with E-state index in [1.54, 1.807) is 6.20 Å². The second-order valence-corrected chi connectivity index (χ2v) is 6.08. The van der Waals surface area contributed by atoms with Crippen molar-refractivity contribution in [2.45, 2.75) is 34.6 Å². The Bertz CT molecular complexity index is 449. The molecule has 1 aliphatic rings. The number of carbonyl (C=O) groups is 1.